The highest BCUT2D eigenvalue weighted by Gasteiger charge is 2.44. The second-order valence-electron chi connectivity index (χ2n) is 14.9. The SMILES string of the molecule is COC1(c2nccc(C)c2[C@H]2CCN(c3cc(N4C[C@@H](N5CCN(C(=O)OC(C)(C)C)CC5)[C@H]4C)nc(C(F)F)n3)[C@H](C)C2)CCOC1. The second kappa shape index (κ2) is 13.6. The fourth-order valence-corrected chi connectivity index (χ4v) is 7.92. The Bertz CT molecular complexity index is 1460. The number of carbonyl (C=O) groups is 1. The highest BCUT2D eigenvalue weighted by molar-refractivity contribution is 5.68. The van der Waals surface area contributed by atoms with Crippen molar-refractivity contribution >= 4 is 17.7 Å². The first-order valence-electron chi connectivity index (χ1n) is 17.3. The normalized spacial score (nSPS) is 28.6. The third-order valence-corrected chi connectivity index (χ3v) is 10.7. The van der Waals surface area contributed by atoms with Crippen molar-refractivity contribution < 1.29 is 27.8 Å². The van der Waals surface area contributed by atoms with Gasteiger partial charge in [0.15, 0.2) is 5.82 Å². The van der Waals surface area contributed by atoms with Crippen molar-refractivity contribution in [3.8, 4) is 0 Å². The smallest absolute Gasteiger partial charge is 0.410 e. The van der Waals surface area contributed by atoms with Crippen LogP contribution in [0.25, 0.3) is 0 Å². The van der Waals surface area contributed by atoms with E-state index in [-0.39, 0.29) is 30.1 Å². The Kier molecular flexibility index (Phi) is 9.85. The number of amides is 1. The lowest BCUT2D eigenvalue weighted by molar-refractivity contribution is -0.0257. The summed E-state index contributed by atoms with van der Waals surface area (Å²) in [5.74, 6) is 0.889. The molecule has 4 aliphatic heterocycles. The van der Waals surface area contributed by atoms with Crippen LogP contribution < -0.4 is 9.80 Å². The van der Waals surface area contributed by atoms with E-state index < -0.39 is 23.5 Å². The van der Waals surface area contributed by atoms with E-state index in [9.17, 15) is 13.6 Å². The number of aryl methyl sites for hydroxylation is 1. The molecule has 2 aromatic heterocycles. The van der Waals surface area contributed by atoms with E-state index in [1.165, 1.54) is 11.1 Å². The molecule has 11 nitrogen and oxygen atoms in total. The van der Waals surface area contributed by atoms with Gasteiger partial charge in [-0.15, -0.1) is 0 Å². The second-order valence-corrected chi connectivity index (χ2v) is 14.9. The van der Waals surface area contributed by atoms with Gasteiger partial charge in [-0.05, 0) is 77.5 Å². The number of nitrogens with zero attached hydrogens (tertiary/aromatic N) is 7. The summed E-state index contributed by atoms with van der Waals surface area (Å²) >= 11 is 0. The largest absolute Gasteiger partial charge is 0.444 e. The first-order chi connectivity index (χ1) is 22.8. The Morgan fingerprint density at radius 3 is 2.38 bits per heavy atom. The molecule has 264 valence electrons. The molecule has 4 aliphatic rings. The van der Waals surface area contributed by atoms with Gasteiger partial charge < -0.3 is 28.9 Å². The number of hydrogen-bond acceptors (Lipinski definition) is 10. The van der Waals surface area contributed by atoms with Gasteiger partial charge in [0.25, 0.3) is 6.43 Å². The lowest BCUT2D eigenvalue weighted by atomic mass is 9.79. The minimum Gasteiger partial charge on any atom is -0.444 e. The predicted molar refractivity (Wildman–Crippen MR) is 179 cm³/mol. The molecule has 4 fully saturated rings. The maximum atomic E-state index is 14.2. The molecule has 0 saturated carbocycles. The molecule has 0 radical (unpaired) electrons. The van der Waals surface area contributed by atoms with Gasteiger partial charge in [-0.25, -0.2) is 23.5 Å². The maximum Gasteiger partial charge on any atom is 0.410 e. The number of ether oxygens (including phenoxy) is 3. The Hall–Kier alpha value is -3.16. The van der Waals surface area contributed by atoms with Gasteiger partial charge in [-0.2, -0.15) is 0 Å². The highest BCUT2D eigenvalue weighted by atomic mass is 19.3. The molecule has 13 heteroatoms. The quantitative estimate of drug-likeness (QED) is 0.387. The van der Waals surface area contributed by atoms with Gasteiger partial charge in [0.1, 0.15) is 22.8 Å². The summed E-state index contributed by atoms with van der Waals surface area (Å²) in [6, 6.07) is 4.32. The number of hydrogen-bond donors (Lipinski definition) is 0. The van der Waals surface area contributed by atoms with Crippen LogP contribution in [0.1, 0.15) is 88.9 Å². The van der Waals surface area contributed by atoms with Gasteiger partial charge in [-0.1, -0.05) is 0 Å². The monoisotopic (exact) mass is 671 g/mol. The molecule has 48 heavy (non-hydrogen) atoms. The number of piperazine rings is 1. The first kappa shape index (κ1) is 34.7. The van der Waals surface area contributed by atoms with Crippen LogP contribution in [0.2, 0.25) is 0 Å². The minimum atomic E-state index is -2.77. The molecular formula is C35H51F2N7O4. The molecule has 1 unspecified atom stereocenters. The lowest BCUT2D eigenvalue weighted by Crippen LogP contribution is -2.68. The average molecular weight is 672 g/mol. The van der Waals surface area contributed by atoms with Gasteiger partial charge >= 0.3 is 6.09 Å². The predicted octanol–water partition coefficient (Wildman–Crippen LogP) is 5.28. The Labute approximate surface area is 282 Å². The minimum absolute atomic E-state index is 0.0608. The molecular weight excluding hydrogens is 620 g/mol. The van der Waals surface area contributed by atoms with Crippen LogP contribution in [-0.4, -0.2) is 114 Å². The standard InChI is InChI=1S/C35H51F2N7O4/c1-22-8-11-38-30(35(46-7)10-17-47-21-35)29(22)25-9-12-43(23(2)18-25)27-19-28(40-32(39-27)31(36)37)44-20-26(24(44)3)41-13-15-42(16-14-41)33(45)48-34(4,5)6/h8,11,19,23-26,31H,9-10,12-18,20-21H2,1-7H3/t23-,24-,25+,26-,35?/m1/s1. The molecule has 4 saturated heterocycles. The number of aromatic nitrogens is 3. The molecule has 2 aromatic rings. The molecule has 0 aliphatic carbocycles. The van der Waals surface area contributed by atoms with E-state index in [4.69, 9.17) is 19.2 Å². The number of methoxy groups -OCH3 is 1. The van der Waals surface area contributed by atoms with E-state index in [2.05, 4.69) is 51.5 Å². The fraction of sp³-hybridized carbons (Fsp3) is 0.714. The molecule has 0 bridgehead atoms. The van der Waals surface area contributed by atoms with Gasteiger partial charge in [-0.3, -0.25) is 9.88 Å². The van der Waals surface area contributed by atoms with Crippen LogP contribution in [0.5, 0.6) is 0 Å². The molecule has 0 N–H and O–H groups in total. The number of piperidine rings is 1. The van der Waals surface area contributed by atoms with Gasteiger partial charge in [0, 0.05) is 89.8 Å². The summed E-state index contributed by atoms with van der Waals surface area (Å²) in [6.45, 7) is 17.1. The molecule has 0 spiro atoms. The number of alkyl halides is 2. The van der Waals surface area contributed by atoms with Crippen LogP contribution in [0.3, 0.4) is 0 Å². The first-order valence-corrected chi connectivity index (χ1v) is 17.3. The average Bonchev–Trinajstić information content (AvgIpc) is 3.54. The van der Waals surface area contributed by atoms with E-state index in [0.717, 1.165) is 38.0 Å². The zero-order valence-electron chi connectivity index (χ0n) is 29.4. The topological polar surface area (TPSA) is 96.4 Å². The van der Waals surface area contributed by atoms with Crippen LogP contribution in [-0.2, 0) is 19.8 Å². The van der Waals surface area contributed by atoms with Crippen molar-refractivity contribution in [3.05, 3.63) is 41.0 Å². The van der Waals surface area contributed by atoms with E-state index >= 15 is 0 Å². The van der Waals surface area contributed by atoms with Crippen LogP contribution in [0.15, 0.2) is 18.3 Å². The van der Waals surface area contributed by atoms with E-state index in [0.29, 0.717) is 51.0 Å². The molecule has 0 aromatic carbocycles. The zero-order valence-corrected chi connectivity index (χ0v) is 29.4. The fourth-order valence-electron chi connectivity index (χ4n) is 7.92. The van der Waals surface area contributed by atoms with Gasteiger partial charge in [0.05, 0.1) is 12.3 Å². The highest BCUT2D eigenvalue weighted by Crippen LogP contribution is 2.43. The molecule has 6 rings (SSSR count). The molecule has 6 heterocycles. The number of carbonyl (C=O) groups excluding carboxylic acids is 1. The molecule has 5 atom stereocenters. The zero-order chi connectivity index (χ0) is 34.4. The summed E-state index contributed by atoms with van der Waals surface area (Å²) in [4.78, 5) is 34.5. The molecule has 1 amide bonds. The van der Waals surface area contributed by atoms with Crippen molar-refractivity contribution in [3.63, 3.8) is 0 Å². The Balaban J connectivity index is 1.14. The van der Waals surface area contributed by atoms with Crippen molar-refractivity contribution in [1.29, 1.82) is 0 Å². The van der Waals surface area contributed by atoms with Crippen molar-refractivity contribution in [2.75, 3.05) is 69.4 Å². The number of rotatable bonds is 7. The van der Waals surface area contributed by atoms with Crippen molar-refractivity contribution in [2.45, 2.75) is 102 Å². The van der Waals surface area contributed by atoms with Crippen LogP contribution >= 0.6 is 0 Å². The lowest BCUT2D eigenvalue weighted by Gasteiger charge is -2.53. The summed E-state index contributed by atoms with van der Waals surface area (Å²) in [7, 11) is 1.73. The third-order valence-electron chi connectivity index (χ3n) is 10.7. The summed E-state index contributed by atoms with van der Waals surface area (Å²) in [5, 5.41) is 0. The van der Waals surface area contributed by atoms with E-state index in [1.54, 1.807) is 12.0 Å². The summed E-state index contributed by atoms with van der Waals surface area (Å²) in [5.41, 5.74) is 2.29. The Morgan fingerprint density at radius 1 is 1.08 bits per heavy atom. The Morgan fingerprint density at radius 2 is 1.79 bits per heavy atom. The maximum absolute atomic E-state index is 14.2. The van der Waals surface area contributed by atoms with Gasteiger partial charge in [0.2, 0.25) is 0 Å². The third kappa shape index (κ3) is 6.82. The number of anilines is 2. The number of pyridine rings is 1. The number of halogens is 2. The summed E-state index contributed by atoms with van der Waals surface area (Å²) < 4.78 is 45.7. The summed E-state index contributed by atoms with van der Waals surface area (Å²) in [6.07, 6.45) is 1.23. The van der Waals surface area contributed by atoms with Crippen molar-refractivity contribution in [2.24, 2.45) is 0 Å². The van der Waals surface area contributed by atoms with E-state index in [1.807, 2.05) is 33.0 Å². The van der Waals surface area contributed by atoms with Crippen LogP contribution in [0.4, 0.5) is 25.2 Å². The van der Waals surface area contributed by atoms with Crippen molar-refractivity contribution in [1.82, 2.24) is 24.8 Å². The van der Waals surface area contributed by atoms with Crippen LogP contribution in [0, 0.1) is 6.92 Å².